The summed E-state index contributed by atoms with van der Waals surface area (Å²) in [6.07, 6.45) is 5.00. The Kier molecular flexibility index (Phi) is 6.23. The molecule has 1 aromatic heterocycles. The molecule has 0 bridgehead atoms. The van der Waals surface area contributed by atoms with Crippen LogP contribution >= 0.6 is 11.8 Å². The SMILES string of the molecule is COC(=O)N1CCCc2cc(NC(=O)NCCSc3nccn3C)ccc21. The molecule has 8 nitrogen and oxygen atoms in total. The average molecular weight is 389 g/mol. The molecule has 0 fully saturated rings. The summed E-state index contributed by atoms with van der Waals surface area (Å²) < 4.78 is 6.77. The summed E-state index contributed by atoms with van der Waals surface area (Å²) in [5.41, 5.74) is 2.56. The van der Waals surface area contributed by atoms with Crippen LogP contribution in [0.15, 0.2) is 35.7 Å². The molecule has 0 radical (unpaired) electrons. The van der Waals surface area contributed by atoms with Crippen molar-refractivity contribution in [3.63, 3.8) is 0 Å². The lowest BCUT2D eigenvalue weighted by molar-refractivity contribution is 0.178. The number of ether oxygens (including phenoxy) is 1. The summed E-state index contributed by atoms with van der Waals surface area (Å²) in [5, 5.41) is 6.60. The minimum Gasteiger partial charge on any atom is -0.452 e. The van der Waals surface area contributed by atoms with E-state index in [1.54, 1.807) is 28.9 Å². The Bertz CT molecular complexity index is 823. The number of fused-ring (bicyclic) bond motifs is 1. The van der Waals surface area contributed by atoms with Gasteiger partial charge in [0.1, 0.15) is 0 Å². The predicted octanol–water partition coefficient (Wildman–Crippen LogP) is 2.85. The number of urea groups is 1. The van der Waals surface area contributed by atoms with E-state index in [0.717, 1.165) is 35.0 Å². The van der Waals surface area contributed by atoms with Crippen LogP contribution in [0.5, 0.6) is 0 Å². The second-order valence-corrected chi connectivity index (χ2v) is 7.18. The van der Waals surface area contributed by atoms with Gasteiger partial charge in [-0.25, -0.2) is 14.6 Å². The number of carbonyl (C=O) groups is 2. The molecule has 0 atom stereocenters. The number of hydrogen-bond donors (Lipinski definition) is 2. The van der Waals surface area contributed by atoms with Crippen LogP contribution in [0.2, 0.25) is 0 Å². The largest absolute Gasteiger partial charge is 0.452 e. The first-order valence-corrected chi connectivity index (χ1v) is 9.70. The van der Waals surface area contributed by atoms with Gasteiger partial charge in [-0.15, -0.1) is 0 Å². The highest BCUT2D eigenvalue weighted by Gasteiger charge is 2.23. The van der Waals surface area contributed by atoms with Crippen molar-refractivity contribution in [2.45, 2.75) is 18.0 Å². The Morgan fingerprint density at radius 1 is 1.37 bits per heavy atom. The lowest BCUT2D eigenvalue weighted by Gasteiger charge is -2.28. The first-order valence-electron chi connectivity index (χ1n) is 8.72. The number of amides is 3. The van der Waals surface area contributed by atoms with Gasteiger partial charge in [-0.3, -0.25) is 4.90 Å². The Morgan fingerprint density at radius 2 is 2.22 bits per heavy atom. The molecule has 9 heteroatoms. The third-order valence-corrected chi connectivity index (χ3v) is 5.31. The van der Waals surface area contributed by atoms with E-state index in [2.05, 4.69) is 15.6 Å². The van der Waals surface area contributed by atoms with Gasteiger partial charge < -0.3 is 19.9 Å². The monoisotopic (exact) mass is 389 g/mol. The number of carbonyl (C=O) groups excluding carboxylic acids is 2. The van der Waals surface area contributed by atoms with Gasteiger partial charge in [-0.1, -0.05) is 11.8 Å². The molecule has 3 rings (SSSR count). The summed E-state index contributed by atoms with van der Waals surface area (Å²) in [4.78, 5) is 29.8. The van der Waals surface area contributed by atoms with Gasteiger partial charge in [-0.05, 0) is 36.6 Å². The lowest BCUT2D eigenvalue weighted by Crippen LogP contribution is -2.35. The average Bonchev–Trinajstić information content (AvgIpc) is 3.08. The Labute approximate surface area is 162 Å². The van der Waals surface area contributed by atoms with Crippen LogP contribution < -0.4 is 15.5 Å². The summed E-state index contributed by atoms with van der Waals surface area (Å²) in [6.45, 7) is 1.17. The maximum atomic E-state index is 12.1. The molecule has 3 amide bonds. The molecule has 2 aromatic rings. The van der Waals surface area contributed by atoms with Crippen LogP contribution in [0.4, 0.5) is 21.0 Å². The number of methoxy groups -OCH3 is 1. The number of rotatable bonds is 5. The van der Waals surface area contributed by atoms with Crippen molar-refractivity contribution < 1.29 is 14.3 Å². The minimum atomic E-state index is -0.361. The zero-order valence-corrected chi connectivity index (χ0v) is 16.2. The molecule has 0 saturated carbocycles. The normalized spacial score (nSPS) is 13.0. The first kappa shape index (κ1) is 19.1. The summed E-state index contributed by atoms with van der Waals surface area (Å²) in [7, 11) is 3.32. The molecule has 0 saturated heterocycles. The number of hydrogen-bond acceptors (Lipinski definition) is 5. The molecule has 1 aliphatic heterocycles. The second kappa shape index (κ2) is 8.81. The zero-order valence-electron chi connectivity index (χ0n) is 15.4. The Hall–Kier alpha value is -2.68. The number of anilines is 2. The van der Waals surface area contributed by atoms with Crippen molar-refractivity contribution in [3.8, 4) is 0 Å². The van der Waals surface area contributed by atoms with E-state index in [1.807, 2.05) is 29.9 Å². The molecular weight excluding hydrogens is 366 g/mol. The molecule has 0 spiro atoms. The number of benzene rings is 1. The smallest absolute Gasteiger partial charge is 0.414 e. The summed E-state index contributed by atoms with van der Waals surface area (Å²) in [6, 6.07) is 5.29. The van der Waals surface area contributed by atoms with Crippen LogP contribution in [0.25, 0.3) is 0 Å². The van der Waals surface area contributed by atoms with Crippen molar-refractivity contribution >= 4 is 35.3 Å². The molecular formula is C18H23N5O3S. The highest BCUT2D eigenvalue weighted by molar-refractivity contribution is 7.99. The van der Waals surface area contributed by atoms with E-state index >= 15 is 0 Å². The number of aromatic nitrogens is 2. The summed E-state index contributed by atoms with van der Waals surface area (Å²) in [5.74, 6) is 0.733. The predicted molar refractivity (Wildman–Crippen MR) is 105 cm³/mol. The van der Waals surface area contributed by atoms with E-state index in [1.165, 1.54) is 7.11 Å². The maximum absolute atomic E-state index is 12.1. The van der Waals surface area contributed by atoms with Gasteiger partial charge in [0.05, 0.1) is 12.8 Å². The number of nitrogens with one attached hydrogen (secondary N) is 2. The third kappa shape index (κ3) is 4.73. The van der Waals surface area contributed by atoms with Crippen LogP contribution in [-0.2, 0) is 18.2 Å². The van der Waals surface area contributed by atoms with Crippen LogP contribution in [0, 0.1) is 0 Å². The van der Waals surface area contributed by atoms with Crippen molar-refractivity contribution in [1.29, 1.82) is 0 Å². The number of nitrogens with zero attached hydrogens (tertiary/aromatic N) is 3. The fraction of sp³-hybridized carbons (Fsp3) is 0.389. The molecule has 0 aliphatic carbocycles. The van der Waals surface area contributed by atoms with Gasteiger partial charge in [0.2, 0.25) is 0 Å². The zero-order chi connectivity index (χ0) is 19.2. The lowest BCUT2D eigenvalue weighted by atomic mass is 10.0. The van der Waals surface area contributed by atoms with E-state index in [-0.39, 0.29) is 12.1 Å². The molecule has 2 N–H and O–H groups in total. The van der Waals surface area contributed by atoms with Crippen molar-refractivity contribution in [2.24, 2.45) is 7.05 Å². The van der Waals surface area contributed by atoms with Crippen LogP contribution in [0.3, 0.4) is 0 Å². The fourth-order valence-electron chi connectivity index (χ4n) is 2.95. The van der Waals surface area contributed by atoms with Crippen molar-refractivity contribution in [2.75, 3.05) is 36.2 Å². The van der Waals surface area contributed by atoms with Crippen molar-refractivity contribution in [1.82, 2.24) is 14.9 Å². The van der Waals surface area contributed by atoms with E-state index < -0.39 is 0 Å². The third-order valence-electron chi connectivity index (χ3n) is 4.25. The molecule has 2 heterocycles. The van der Waals surface area contributed by atoms with Gasteiger partial charge >= 0.3 is 12.1 Å². The molecule has 27 heavy (non-hydrogen) atoms. The van der Waals surface area contributed by atoms with Crippen molar-refractivity contribution in [3.05, 3.63) is 36.2 Å². The van der Waals surface area contributed by atoms with Gasteiger partial charge in [0.15, 0.2) is 5.16 Å². The van der Waals surface area contributed by atoms with E-state index in [0.29, 0.717) is 18.8 Å². The molecule has 1 aromatic carbocycles. The maximum Gasteiger partial charge on any atom is 0.414 e. The highest BCUT2D eigenvalue weighted by atomic mass is 32.2. The summed E-state index contributed by atoms with van der Waals surface area (Å²) >= 11 is 1.59. The second-order valence-electron chi connectivity index (χ2n) is 6.12. The van der Waals surface area contributed by atoms with E-state index in [9.17, 15) is 9.59 Å². The quantitative estimate of drug-likeness (QED) is 0.606. The minimum absolute atomic E-state index is 0.254. The van der Waals surface area contributed by atoms with Crippen LogP contribution in [-0.4, -0.2) is 47.6 Å². The van der Waals surface area contributed by atoms with Gasteiger partial charge in [0, 0.05) is 44.0 Å². The van der Waals surface area contributed by atoms with Crippen LogP contribution in [0.1, 0.15) is 12.0 Å². The topological polar surface area (TPSA) is 88.5 Å². The first-order chi connectivity index (χ1) is 13.1. The highest BCUT2D eigenvalue weighted by Crippen LogP contribution is 2.30. The molecule has 0 unspecified atom stereocenters. The van der Waals surface area contributed by atoms with Gasteiger partial charge in [0.25, 0.3) is 0 Å². The molecule has 1 aliphatic rings. The Morgan fingerprint density at radius 3 is 2.96 bits per heavy atom. The number of aryl methyl sites for hydroxylation is 2. The number of thioether (sulfide) groups is 1. The fourth-order valence-corrected chi connectivity index (χ4v) is 3.73. The standard InChI is InChI=1S/C18H23N5O3S/c1-22-10-7-20-17(22)27-11-8-19-16(24)21-14-5-6-15-13(12-14)4-3-9-23(15)18(25)26-2/h5-7,10,12H,3-4,8-9,11H2,1-2H3,(H2,19,21,24). The van der Waals surface area contributed by atoms with Gasteiger partial charge in [-0.2, -0.15) is 0 Å². The number of imidazole rings is 1. The molecule has 144 valence electrons. The van der Waals surface area contributed by atoms with E-state index in [4.69, 9.17) is 4.74 Å². The Balaban J connectivity index is 1.51.